The van der Waals surface area contributed by atoms with Crippen molar-refractivity contribution >= 4 is 34.6 Å². The number of thiocarbonyl (C=S) groups is 1. The number of hydrogen-bond donors (Lipinski definition) is 3. The van der Waals surface area contributed by atoms with Gasteiger partial charge in [0, 0.05) is 5.69 Å². The molecular formula is C19H19N5OS. The molecule has 0 radical (unpaired) electrons. The molecule has 4 N–H and O–H groups in total. The van der Waals surface area contributed by atoms with Gasteiger partial charge in [0.15, 0.2) is 5.11 Å². The van der Waals surface area contributed by atoms with Gasteiger partial charge in [0.2, 0.25) is 0 Å². The molecule has 2 aromatic carbocycles. The van der Waals surface area contributed by atoms with Crippen molar-refractivity contribution in [1.82, 2.24) is 5.43 Å². The number of aryl methyl sites for hydroxylation is 2. The molecule has 0 fully saturated rings. The van der Waals surface area contributed by atoms with Crippen LogP contribution in [0, 0.1) is 25.2 Å². The smallest absolute Gasteiger partial charge is 0.273 e. The van der Waals surface area contributed by atoms with Gasteiger partial charge in [0.05, 0.1) is 6.07 Å². The van der Waals surface area contributed by atoms with Gasteiger partial charge in [-0.3, -0.25) is 10.2 Å². The van der Waals surface area contributed by atoms with Crippen LogP contribution >= 0.6 is 12.2 Å². The Labute approximate surface area is 157 Å². The minimum absolute atomic E-state index is 0.0209. The second kappa shape index (κ2) is 8.74. The van der Waals surface area contributed by atoms with E-state index in [0.717, 1.165) is 11.1 Å². The van der Waals surface area contributed by atoms with Crippen LogP contribution in [0.25, 0.3) is 0 Å². The van der Waals surface area contributed by atoms with Crippen LogP contribution in [0.2, 0.25) is 0 Å². The molecular weight excluding hydrogens is 346 g/mol. The van der Waals surface area contributed by atoms with Gasteiger partial charge in [-0.2, -0.15) is 10.4 Å². The third-order valence-electron chi connectivity index (χ3n) is 3.70. The standard InChI is InChI=1S/C19H19N5OS/c1-12-8-9-13(2)16(10-12)22-18(25)17(23-24-19(21)26)15(11-20)14-6-4-3-5-7-14/h3-10,15H,1-2H3,(H,22,25)(H3,21,24,26)/b23-17+/t15-/m1/s1. The Balaban J connectivity index is 2.39. The molecule has 2 aromatic rings. The molecule has 0 saturated carbocycles. The first-order chi connectivity index (χ1) is 12.4. The van der Waals surface area contributed by atoms with Gasteiger partial charge in [0.25, 0.3) is 5.91 Å². The van der Waals surface area contributed by atoms with Crippen molar-refractivity contribution in [1.29, 1.82) is 5.26 Å². The first-order valence-corrected chi connectivity index (χ1v) is 8.29. The fourth-order valence-corrected chi connectivity index (χ4v) is 2.40. The molecule has 132 valence electrons. The zero-order valence-corrected chi connectivity index (χ0v) is 15.3. The molecule has 0 spiro atoms. The van der Waals surface area contributed by atoms with Crippen molar-refractivity contribution in [3.8, 4) is 6.07 Å². The highest BCUT2D eigenvalue weighted by Gasteiger charge is 2.25. The summed E-state index contributed by atoms with van der Waals surface area (Å²) in [6.07, 6.45) is 0. The SMILES string of the molecule is Cc1ccc(C)c(NC(=O)/C(=N/NC(N)=S)[C@H](C#N)c2ccccc2)c1. The number of nitriles is 1. The molecule has 6 nitrogen and oxygen atoms in total. The van der Waals surface area contributed by atoms with Crippen molar-refractivity contribution in [3.63, 3.8) is 0 Å². The number of anilines is 1. The normalized spacial score (nSPS) is 12.0. The van der Waals surface area contributed by atoms with Crippen LogP contribution in [0.15, 0.2) is 53.6 Å². The highest BCUT2D eigenvalue weighted by Crippen LogP contribution is 2.20. The first kappa shape index (κ1) is 19.1. The lowest BCUT2D eigenvalue weighted by molar-refractivity contribution is -0.110. The summed E-state index contributed by atoms with van der Waals surface area (Å²) < 4.78 is 0. The van der Waals surface area contributed by atoms with Gasteiger partial charge in [-0.25, -0.2) is 0 Å². The Morgan fingerprint density at radius 1 is 1.23 bits per heavy atom. The van der Waals surface area contributed by atoms with Crippen LogP contribution in [-0.2, 0) is 4.79 Å². The summed E-state index contributed by atoms with van der Waals surface area (Å²) in [5.74, 6) is -1.37. The Kier molecular flexibility index (Phi) is 6.42. The number of rotatable bonds is 5. The van der Waals surface area contributed by atoms with E-state index in [4.69, 9.17) is 18.0 Å². The molecule has 0 aliphatic carbocycles. The predicted molar refractivity (Wildman–Crippen MR) is 107 cm³/mol. The van der Waals surface area contributed by atoms with E-state index in [1.54, 1.807) is 24.3 Å². The monoisotopic (exact) mass is 365 g/mol. The molecule has 0 aliphatic heterocycles. The molecule has 0 aromatic heterocycles. The third kappa shape index (κ3) is 4.88. The average Bonchev–Trinajstić information content (AvgIpc) is 2.62. The first-order valence-electron chi connectivity index (χ1n) is 7.88. The highest BCUT2D eigenvalue weighted by molar-refractivity contribution is 7.80. The molecule has 0 bridgehead atoms. The van der Waals surface area contributed by atoms with E-state index in [2.05, 4.69) is 21.9 Å². The summed E-state index contributed by atoms with van der Waals surface area (Å²) in [5, 5.41) is 16.3. The maximum atomic E-state index is 12.8. The Bertz CT molecular complexity index is 887. The van der Waals surface area contributed by atoms with E-state index in [1.807, 2.05) is 38.1 Å². The number of nitrogens with one attached hydrogen (secondary N) is 2. The van der Waals surface area contributed by atoms with Crippen molar-refractivity contribution in [3.05, 3.63) is 65.2 Å². The molecule has 0 heterocycles. The Morgan fingerprint density at radius 2 is 1.92 bits per heavy atom. The number of benzene rings is 2. The summed E-state index contributed by atoms with van der Waals surface area (Å²) in [5.41, 5.74) is 11.0. The van der Waals surface area contributed by atoms with E-state index in [-0.39, 0.29) is 10.8 Å². The molecule has 1 amide bonds. The van der Waals surface area contributed by atoms with Gasteiger partial charge in [-0.05, 0) is 48.8 Å². The minimum Gasteiger partial charge on any atom is -0.375 e. The molecule has 0 unspecified atom stereocenters. The quantitative estimate of drug-likeness (QED) is 0.429. The lowest BCUT2D eigenvalue weighted by atomic mass is 9.95. The third-order valence-corrected chi connectivity index (χ3v) is 3.79. The van der Waals surface area contributed by atoms with Crippen molar-refractivity contribution in [2.75, 3.05) is 5.32 Å². The molecule has 0 aliphatic rings. The van der Waals surface area contributed by atoms with Crippen LogP contribution < -0.4 is 16.5 Å². The molecule has 7 heteroatoms. The lowest BCUT2D eigenvalue weighted by Crippen LogP contribution is -2.33. The van der Waals surface area contributed by atoms with Crippen LogP contribution in [0.3, 0.4) is 0 Å². The maximum Gasteiger partial charge on any atom is 0.273 e. The van der Waals surface area contributed by atoms with E-state index in [9.17, 15) is 10.1 Å². The van der Waals surface area contributed by atoms with Crippen LogP contribution in [0.1, 0.15) is 22.6 Å². The summed E-state index contributed by atoms with van der Waals surface area (Å²) in [7, 11) is 0. The van der Waals surface area contributed by atoms with Crippen molar-refractivity contribution in [2.45, 2.75) is 19.8 Å². The van der Waals surface area contributed by atoms with Gasteiger partial charge in [-0.15, -0.1) is 0 Å². The second-order valence-electron chi connectivity index (χ2n) is 5.72. The molecule has 26 heavy (non-hydrogen) atoms. The highest BCUT2D eigenvalue weighted by atomic mass is 32.1. The lowest BCUT2D eigenvalue weighted by Gasteiger charge is -2.15. The zero-order valence-electron chi connectivity index (χ0n) is 14.5. The van der Waals surface area contributed by atoms with Gasteiger partial charge in [-0.1, -0.05) is 42.5 Å². The number of carbonyl (C=O) groups excluding carboxylic acids is 1. The van der Waals surface area contributed by atoms with Gasteiger partial charge < -0.3 is 11.1 Å². The van der Waals surface area contributed by atoms with Crippen LogP contribution in [0.5, 0.6) is 0 Å². The number of carbonyl (C=O) groups is 1. The van der Waals surface area contributed by atoms with E-state index in [1.165, 1.54) is 0 Å². The maximum absolute atomic E-state index is 12.8. The largest absolute Gasteiger partial charge is 0.375 e. The number of amides is 1. The summed E-state index contributed by atoms with van der Waals surface area (Å²) >= 11 is 4.75. The number of nitrogens with two attached hydrogens (primary N) is 1. The van der Waals surface area contributed by atoms with Crippen molar-refractivity contribution < 1.29 is 4.79 Å². The fraction of sp³-hybridized carbons (Fsp3) is 0.158. The molecule has 1 atom stereocenters. The number of hydrogen-bond acceptors (Lipinski definition) is 4. The topological polar surface area (TPSA) is 103 Å². The van der Waals surface area contributed by atoms with E-state index < -0.39 is 11.8 Å². The van der Waals surface area contributed by atoms with Gasteiger partial charge >= 0.3 is 0 Å². The van der Waals surface area contributed by atoms with Crippen molar-refractivity contribution in [2.24, 2.45) is 10.8 Å². The predicted octanol–water partition coefficient (Wildman–Crippen LogP) is 2.74. The second-order valence-corrected chi connectivity index (χ2v) is 6.16. The number of hydrazone groups is 1. The van der Waals surface area contributed by atoms with Crippen LogP contribution in [0.4, 0.5) is 5.69 Å². The van der Waals surface area contributed by atoms with E-state index >= 15 is 0 Å². The van der Waals surface area contributed by atoms with Crippen LogP contribution in [-0.4, -0.2) is 16.7 Å². The fourth-order valence-electron chi connectivity index (χ4n) is 2.36. The van der Waals surface area contributed by atoms with Gasteiger partial charge in [0.1, 0.15) is 11.6 Å². The summed E-state index contributed by atoms with van der Waals surface area (Å²) in [6, 6.07) is 16.8. The molecule has 2 rings (SSSR count). The summed E-state index contributed by atoms with van der Waals surface area (Å²) in [6.45, 7) is 3.82. The average molecular weight is 365 g/mol. The minimum atomic E-state index is -0.872. The zero-order chi connectivity index (χ0) is 19.1. The molecule has 0 saturated heterocycles. The number of nitrogens with zero attached hydrogens (tertiary/aromatic N) is 2. The van der Waals surface area contributed by atoms with E-state index in [0.29, 0.717) is 11.3 Å². The Hall–Kier alpha value is -3.24. The summed E-state index contributed by atoms with van der Waals surface area (Å²) in [4.78, 5) is 12.8. The Morgan fingerprint density at radius 3 is 2.54 bits per heavy atom.